The van der Waals surface area contributed by atoms with Gasteiger partial charge >= 0.3 is 0 Å². The molecule has 3 atom stereocenters. The molecule has 2 heterocycles. The zero-order valence-electron chi connectivity index (χ0n) is 15.9. The van der Waals surface area contributed by atoms with Crippen LogP contribution >= 0.6 is 0 Å². The molecule has 3 unspecified atom stereocenters. The van der Waals surface area contributed by atoms with Gasteiger partial charge in [0.1, 0.15) is 6.10 Å². The Morgan fingerprint density at radius 2 is 2.19 bits per heavy atom. The van der Waals surface area contributed by atoms with Crippen molar-refractivity contribution in [2.45, 2.75) is 45.0 Å². The molecule has 0 amide bonds. The molecular formula is C20H31N3O3. The van der Waals surface area contributed by atoms with Crippen LogP contribution in [0.25, 0.3) is 0 Å². The van der Waals surface area contributed by atoms with E-state index >= 15 is 0 Å². The number of aliphatic hydroxyl groups excluding tert-OH is 1. The van der Waals surface area contributed by atoms with Gasteiger partial charge in [-0.25, -0.2) is 0 Å². The Morgan fingerprint density at radius 1 is 1.35 bits per heavy atom. The first-order valence-corrected chi connectivity index (χ1v) is 9.68. The summed E-state index contributed by atoms with van der Waals surface area (Å²) in [4.78, 5) is 6.91. The zero-order chi connectivity index (χ0) is 18.4. The van der Waals surface area contributed by atoms with Gasteiger partial charge in [0.05, 0.1) is 25.4 Å². The van der Waals surface area contributed by atoms with E-state index in [0.29, 0.717) is 13.2 Å². The highest BCUT2D eigenvalue weighted by Crippen LogP contribution is 2.21. The highest BCUT2D eigenvalue weighted by Gasteiger charge is 2.32. The quantitative estimate of drug-likeness (QED) is 0.619. The Kier molecular flexibility index (Phi) is 6.88. The molecule has 0 spiro atoms. The number of hydrogen-bond acceptors (Lipinski definition) is 4. The predicted molar refractivity (Wildman–Crippen MR) is 102 cm³/mol. The smallest absolute Gasteiger partial charge is 0.194 e. The summed E-state index contributed by atoms with van der Waals surface area (Å²) in [7, 11) is 0. The van der Waals surface area contributed by atoms with Gasteiger partial charge in [-0.3, -0.25) is 4.99 Å². The van der Waals surface area contributed by atoms with Gasteiger partial charge in [0.25, 0.3) is 0 Å². The van der Waals surface area contributed by atoms with Gasteiger partial charge in [0.15, 0.2) is 5.96 Å². The summed E-state index contributed by atoms with van der Waals surface area (Å²) in [6.45, 7) is 8.31. The van der Waals surface area contributed by atoms with Gasteiger partial charge in [0.2, 0.25) is 0 Å². The number of morpholine rings is 1. The minimum Gasteiger partial charge on any atom is -0.386 e. The highest BCUT2D eigenvalue weighted by molar-refractivity contribution is 5.80. The Hall–Kier alpha value is -1.63. The lowest BCUT2D eigenvalue weighted by Gasteiger charge is -2.37. The largest absolute Gasteiger partial charge is 0.386 e. The third-order valence-electron chi connectivity index (χ3n) is 4.95. The van der Waals surface area contributed by atoms with Gasteiger partial charge in [-0.2, -0.15) is 0 Å². The van der Waals surface area contributed by atoms with Crippen molar-refractivity contribution in [2.24, 2.45) is 4.99 Å². The van der Waals surface area contributed by atoms with Crippen LogP contribution in [-0.4, -0.2) is 67.6 Å². The fraction of sp³-hybridized carbons (Fsp3) is 0.650. The number of guanidine groups is 1. The standard InChI is InChI=1S/C20H31N3O3/c1-3-21-20(22-13-17(24)16-7-4-6-15(2)12-16)23-9-11-26-19(14-23)18-8-5-10-25-18/h4,6-7,12,17-19,24H,3,5,8-11,13-14H2,1-2H3,(H,21,22). The molecule has 0 saturated carbocycles. The maximum Gasteiger partial charge on any atom is 0.194 e. The number of nitrogens with one attached hydrogen (secondary N) is 1. The fourth-order valence-electron chi connectivity index (χ4n) is 3.57. The second-order valence-corrected chi connectivity index (χ2v) is 7.03. The van der Waals surface area contributed by atoms with Gasteiger partial charge in [0, 0.05) is 26.2 Å². The minimum absolute atomic E-state index is 0.0943. The summed E-state index contributed by atoms with van der Waals surface area (Å²) in [5.41, 5.74) is 2.05. The lowest BCUT2D eigenvalue weighted by Crippen LogP contribution is -2.53. The minimum atomic E-state index is -0.599. The van der Waals surface area contributed by atoms with Crippen LogP contribution in [0.15, 0.2) is 29.3 Å². The van der Waals surface area contributed by atoms with E-state index in [1.54, 1.807) is 0 Å². The molecule has 0 radical (unpaired) electrons. The van der Waals surface area contributed by atoms with Crippen molar-refractivity contribution < 1.29 is 14.6 Å². The van der Waals surface area contributed by atoms with Crippen molar-refractivity contribution in [3.63, 3.8) is 0 Å². The number of aliphatic hydroxyl groups is 1. The molecule has 2 aliphatic heterocycles. The summed E-state index contributed by atoms with van der Waals surface area (Å²) in [6, 6.07) is 7.96. The third kappa shape index (κ3) is 4.96. The Morgan fingerprint density at radius 3 is 2.92 bits per heavy atom. The molecule has 26 heavy (non-hydrogen) atoms. The van der Waals surface area contributed by atoms with Crippen LogP contribution in [0.3, 0.4) is 0 Å². The molecule has 2 aliphatic rings. The molecule has 144 valence electrons. The molecule has 6 heteroatoms. The van der Waals surface area contributed by atoms with Crippen LogP contribution in [0.1, 0.15) is 37.0 Å². The zero-order valence-corrected chi connectivity index (χ0v) is 15.9. The van der Waals surface area contributed by atoms with Gasteiger partial charge in [-0.05, 0) is 32.3 Å². The molecule has 6 nitrogen and oxygen atoms in total. The molecule has 2 N–H and O–H groups in total. The van der Waals surface area contributed by atoms with E-state index in [0.717, 1.165) is 56.2 Å². The number of aryl methyl sites for hydroxylation is 1. The van der Waals surface area contributed by atoms with Crippen LogP contribution in [0.4, 0.5) is 0 Å². The third-order valence-corrected chi connectivity index (χ3v) is 4.95. The van der Waals surface area contributed by atoms with Crippen molar-refractivity contribution in [1.29, 1.82) is 0 Å². The molecule has 1 aromatic carbocycles. The first kappa shape index (κ1) is 19.1. The van der Waals surface area contributed by atoms with Crippen molar-refractivity contribution in [3.8, 4) is 0 Å². The monoisotopic (exact) mass is 361 g/mol. The number of hydrogen-bond donors (Lipinski definition) is 2. The maximum absolute atomic E-state index is 10.5. The predicted octanol–water partition coefficient (Wildman–Crippen LogP) is 1.87. The molecule has 0 aliphatic carbocycles. The number of benzene rings is 1. The summed E-state index contributed by atoms with van der Waals surface area (Å²) >= 11 is 0. The number of aliphatic imine (C=N–C) groups is 1. The van der Waals surface area contributed by atoms with Crippen molar-refractivity contribution >= 4 is 5.96 Å². The summed E-state index contributed by atoms with van der Waals surface area (Å²) in [5, 5.41) is 13.8. The Balaban J connectivity index is 1.64. The van der Waals surface area contributed by atoms with E-state index in [9.17, 15) is 5.11 Å². The number of rotatable bonds is 5. The number of ether oxygens (including phenoxy) is 2. The van der Waals surface area contributed by atoms with E-state index < -0.39 is 6.10 Å². The van der Waals surface area contributed by atoms with Crippen LogP contribution in [0.2, 0.25) is 0 Å². The highest BCUT2D eigenvalue weighted by atomic mass is 16.5. The SMILES string of the molecule is CCNC(=NCC(O)c1cccc(C)c1)N1CCOC(C2CCCO2)C1. The summed E-state index contributed by atoms with van der Waals surface area (Å²) in [5.74, 6) is 0.838. The molecule has 1 aromatic rings. The van der Waals surface area contributed by atoms with Crippen LogP contribution < -0.4 is 5.32 Å². The van der Waals surface area contributed by atoms with Crippen LogP contribution in [-0.2, 0) is 9.47 Å². The van der Waals surface area contributed by atoms with Crippen LogP contribution in [0, 0.1) is 6.92 Å². The Labute approximate surface area is 156 Å². The lowest BCUT2D eigenvalue weighted by atomic mass is 10.1. The molecule has 2 saturated heterocycles. The first-order chi connectivity index (χ1) is 12.7. The molecule has 0 bridgehead atoms. The van der Waals surface area contributed by atoms with Crippen molar-refractivity contribution in [2.75, 3.05) is 39.4 Å². The first-order valence-electron chi connectivity index (χ1n) is 9.68. The molecule has 2 fully saturated rings. The average Bonchev–Trinajstić information content (AvgIpc) is 3.20. The Bertz CT molecular complexity index is 602. The van der Waals surface area contributed by atoms with E-state index in [4.69, 9.17) is 9.47 Å². The van der Waals surface area contributed by atoms with Crippen LogP contribution in [0.5, 0.6) is 0 Å². The molecular weight excluding hydrogens is 330 g/mol. The normalized spacial score (nSPS) is 25.3. The molecule has 0 aromatic heterocycles. The topological polar surface area (TPSA) is 66.3 Å². The van der Waals surface area contributed by atoms with E-state index in [1.165, 1.54) is 0 Å². The fourth-order valence-corrected chi connectivity index (χ4v) is 3.57. The van der Waals surface area contributed by atoms with E-state index in [2.05, 4.69) is 22.1 Å². The van der Waals surface area contributed by atoms with E-state index in [1.807, 2.05) is 31.2 Å². The van der Waals surface area contributed by atoms with Crippen molar-refractivity contribution in [1.82, 2.24) is 10.2 Å². The van der Waals surface area contributed by atoms with Gasteiger partial charge in [-0.1, -0.05) is 29.8 Å². The van der Waals surface area contributed by atoms with Gasteiger partial charge in [-0.15, -0.1) is 0 Å². The van der Waals surface area contributed by atoms with Gasteiger partial charge < -0.3 is 24.8 Å². The van der Waals surface area contributed by atoms with E-state index in [-0.39, 0.29) is 12.2 Å². The molecule has 3 rings (SSSR count). The summed E-state index contributed by atoms with van der Waals surface area (Å²) < 4.78 is 11.7. The second kappa shape index (κ2) is 9.35. The maximum atomic E-state index is 10.5. The average molecular weight is 361 g/mol. The second-order valence-electron chi connectivity index (χ2n) is 7.03. The lowest BCUT2D eigenvalue weighted by molar-refractivity contribution is -0.0817. The van der Waals surface area contributed by atoms with Crippen molar-refractivity contribution in [3.05, 3.63) is 35.4 Å². The summed E-state index contributed by atoms with van der Waals surface area (Å²) in [6.07, 6.45) is 1.87. The number of nitrogens with zero attached hydrogens (tertiary/aromatic N) is 2.